The second-order valence-electron chi connectivity index (χ2n) is 13.2. The number of aromatic nitrogens is 3. The van der Waals surface area contributed by atoms with E-state index in [1.807, 2.05) is 67.6 Å². The number of amidine groups is 1. The minimum Gasteiger partial charge on any atom is -0.223 e. The zero-order chi connectivity index (χ0) is 35.4. The van der Waals surface area contributed by atoms with Gasteiger partial charge in [0.2, 0.25) is 10.6 Å². The summed E-state index contributed by atoms with van der Waals surface area (Å²) in [5.41, 5.74) is 13.5. The van der Waals surface area contributed by atoms with Gasteiger partial charge >= 0.3 is 0 Å². The number of hydrogen-bond acceptors (Lipinski definition) is 4. The van der Waals surface area contributed by atoms with Crippen molar-refractivity contribution in [1.82, 2.24) is 15.0 Å². The van der Waals surface area contributed by atoms with Gasteiger partial charge in [-0.1, -0.05) is 140 Å². The highest BCUT2D eigenvalue weighted by Crippen LogP contribution is 2.64. The van der Waals surface area contributed by atoms with E-state index < -0.39 is 5.41 Å². The maximum absolute atomic E-state index is 6.66. The van der Waals surface area contributed by atoms with Crippen molar-refractivity contribution in [3.05, 3.63) is 190 Å². The van der Waals surface area contributed by atoms with E-state index in [-0.39, 0.29) is 16.5 Å². The summed E-state index contributed by atoms with van der Waals surface area (Å²) in [6.07, 6.45) is 5.16. The van der Waals surface area contributed by atoms with Crippen LogP contribution < -0.4 is 0 Å². The summed E-state index contributed by atoms with van der Waals surface area (Å²) < 4.78 is 0. The molecule has 0 N–H and O–H groups in total. The minimum absolute atomic E-state index is 0.0823. The van der Waals surface area contributed by atoms with Crippen molar-refractivity contribution >= 4 is 39.8 Å². The first-order chi connectivity index (χ1) is 25.4. The van der Waals surface area contributed by atoms with Gasteiger partial charge in [0.1, 0.15) is 0 Å². The summed E-state index contributed by atoms with van der Waals surface area (Å²) in [4.78, 5) is 23.3. The Balaban J connectivity index is 1.17. The second-order valence-corrected chi connectivity index (χ2v) is 13.9. The van der Waals surface area contributed by atoms with Crippen molar-refractivity contribution in [3.63, 3.8) is 0 Å². The van der Waals surface area contributed by atoms with Gasteiger partial charge < -0.3 is 0 Å². The Bertz CT molecular complexity index is 2550. The maximum Gasteiger partial charge on any atom is 0.226 e. The Morgan fingerprint density at radius 1 is 0.692 bits per heavy atom. The van der Waals surface area contributed by atoms with Gasteiger partial charge in [-0.25, -0.2) is 15.0 Å². The van der Waals surface area contributed by atoms with Gasteiger partial charge in [-0.05, 0) is 92.7 Å². The quantitative estimate of drug-likeness (QED) is 0.102. The Labute approximate surface area is 312 Å². The molecule has 9 rings (SSSR count). The van der Waals surface area contributed by atoms with E-state index in [1.165, 1.54) is 44.5 Å². The minimum atomic E-state index is -0.550. The van der Waals surface area contributed by atoms with Crippen molar-refractivity contribution in [2.75, 3.05) is 0 Å². The molecule has 1 heterocycles. The molecule has 52 heavy (non-hydrogen) atoms. The molecule has 0 radical (unpaired) electrons. The van der Waals surface area contributed by atoms with E-state index in [9.17, 15) is 0 Å². The summed E-state index contributed by atoms with van der Waals surface area (Å²) in [5.74, 6) is 0.978. The van der Waals surface area contributed by atoms with Crippen LogP contribution in [0.4, 0.5) is 0 Å². The average Bonchev–Trinajstić information content (AvgIpc) is 3.65. The van der Waals surface area contributed by atoms with Crippen LogP contribution in [-0.4, -0.2) is 26.0 Å². The summed E-state index contributed by atoms with van der Waals surface area (Å²) in [6, 6.07) is 43.8. The number of nitrogens with zero attached hydrogens (tertiary/aromatic N) is 5. The molecule has 0 amide bonds. The van der Waals surface area contributed by atoms with Gasteiger partial charge in [-0.15, -0.1) is 0 Å². The third-order valence-electron chi connectivity index (χ3n) is 10.4. The summed E-state index contributed by atoms with van der Waals surface area (Å²) in [5, 5.41) is 0.316. The van der Waals surface area contributed by atoms with Gasteiger partial charge in [0.25, 0.3) is 0 Å². The van der Waals surface area contributed by atoms with Crippen molar-refractivity contribution in [3.8, 4) is 33.9 Å². The van der Waals surface area contributed by atoms with E-state index in [0.717, 1.165) is 22.4 Å². The molecule has 0 fully saturated rings. The van der Waals surface area contributed by atoms with Crippen molar-refractivity contribution < 1.29 is 0 Å². The fourth-order valence-corrected chi connectivity index (χ4v) is 8.49. The molecule has 6 aromatic rings. The third-order valence-corrected chi connectivity index (χ3v) is 10.7. The van der Waals surface area contributed by atoms with Crippen molar-refractivity contribution in [1.29, 1.82) is 0 Å². The molecule has 2 unspecified atom stereocenters. The number of rotatable bonds is 5. The molecule has 5 nitrogen and oxygen atoms in total. The standard InChI is InChI=1S/C45H31Cl2N5/c1-27(29-13-5-3-6-14-29)48-43(46)49-28(2)31-21-23-35-33-17-9-11-19-37(33)45(39(35)25-31)38-20-12-10-18-34(38)36-24-22-32(26-40(36)45)42-50-41(51-44(47)52-42)30-15-7-4-8-16-30/h3-24,26,31H,2,25H2,1H3/b48-27+,49-43-. The first-order valence-corrected chi connectivity index (χ1v) is 17.9. The normalized spacial score (nSPS) is 18.6. The molecule has 3 aliphatic rings. The molecule has 0 saturated carbocycles. The van der Waals surface area contributed by atoms with Crippen LogP contribution in [-0.2, 0) is 5.41 Å². The first-order valence-electron chi connectivity index (χ1n) is 17.2. The molecule has 5 aromatic carbocycles. The molecule has 1 spiro atoms. The van der Waals surface area contributed by atoms with E-state index in [4.69, 9.17) is 33.2 Å². The largest absolute Gasteiger partial charge is 0.226 e. The molecular weight excluding hydrogens is 681 g/mol. The van der Waals surface area contributed by atoms with Crippen LogP contribution >= 0.6 is 23.2 Å². The number of halogens is 2. The summed E-state index contributed by atoms with van der Waals surface area (Å²) in [6.45, 7) is 6.34. The fourth-order valence-electron chi connectivity index (χ4n) is 8.09. The summed E-state index contributed by atoms with van der Waals surface area (Å²) in [7, 11) is 0. The molecule has 0 bridgehead atoms. The predicted octanol–water partition coefficient (Wildman–Crippen LogP) is 11.1. The van der Waals surface area contributed by atoms with Gasteiger partial charge in [0.05, 0.1) is 5.41 Å². The predicted molar refractivity (Wildman–Crippen MR) is 213 cm³/mol. The zero-order valence-electron chi connectivity index (χ0n) is 28.3. The highest BCUT2D eigenvalue weighted by molar-refractivity contribution is 6.65. The van der Waals surface area contributed by atoms with Gasteiger partial charge in [0, 0.05) is 28.5 Å². The lowest BCUT2D eigenvalue weighted by atomic mass is 9.66. The second kappa shape index (κ2) is 12.8. The van der Waals surface area contributed by atoms with E-state index in [0.29, 0.717) is 23.8 Å². The van der Waals surface area contributed by atoms with Crippen LogP contribution in [0.15, 0.2) is 167 Å². The highest BCUT2D eigenvalue weighted by Gasteiger charge is 2.53. The number of hydrogen-bond donors (Lipinski definition) is 0. The molecule has 250 valence electrons. The Hall–Kier alpha value is -5.75. The monoisotopic (exact) mass is 711 g/mol. The summed E-state index contributed by atoms with van der Waals surface area (Å²) >= 11 is 13.2. The smallest absolute Gasteiger partial charge is 0.223 e. The number of fused-ring (bicyclic) bond motifs is 9. The Morgan fingerprint density at radius 2 is 1.31 bits per heavy atom. The lowest BCUT2D eigenvalue weighted by Crippen LogP contribution is -2.29. The Kier molecular flexibility index (Phi) is 7.91. The van der Waals surface area contributed by atoms with Crippen LogP contribution in [0.1, 0.15) is 41.2 Å². The number of aliphatic imine (C=N–C) groups is 2. The molecule has 2 atom stereocenters. The van der Waals surface area contributed by atoms with Gasteiger partial charge in [-0.2, -0.15) is 9.97 Å². The topological polar surface area (TPSA) is 63.4 Å². The molecule has 0 saturated heterocycles. The molecule has 7 heteroatoms. The van der Waals surface area contributed by atoms with Crippen LogP contribution in [0.2, 0.25) is 5.28 Å². The fraction of sp³-hybridized carbons (Fsp3) is 0.0889. The molecule has 1 aromatic heterocycles. The first kappa shape index (κ1) is 32.2. The van der Waals surface area contributed by atoms with E-state index >= 15 is 0 Å². The van der Waals surface area contributed by atoms with Crippen LogP contribution in [0.5, 0.6) is 0 Å². The third kappa shape index (κ3) is 5.19. The van der Waals surface area contributed by atoms with E-state index in [2.05, 4.69) is 100 Å². The average molecular weight is 713 g/mol. The number of allylic oxidation sites excluding steroid dienone is 4. The van der Waals surface area contributed by atoms with E-state index in [1.54, 1.807) is 0 Å². The lowest BCUT2D eigenvalue weighted by molar-refractivity contribution is 0.644. The Morgan fingerprint density at radius 3 is 2.06 bits per heavy atom. The van der Waals surface area contributed by atoms with Crippen LogP contribution in [0.25, 0.3) is 39.5 Å². The highest BCUT2D eigenvalue weighted by atomic mass is 35.5. The number of benzene rings is 5. The van der Waals surface area contributed by atoms with Crippen LogP contribution in [0, 0.1) is 5.92 Å². The van der Waals surface area contributed by atoms with Crippen molar-refractivity contribution in [2.24, 2.45) is 15.9 Å². The van der Waals surface area contributed by atoms with Crippen molar-refractivity contribution in [2.45, 2.75) is 18.8 Å². The zero-order valence-corrected chi connectivity index (χ0v) is 29.8. The maximum atomic E-state index is 6.66. The molecule has 0 aliphatic heterocycles. The lowest BCUT2D eigenvalue weighted by Gasteiger charge is -2.35. The van der Waals surface area contributed by atoms with Gasteiger partial charge in [0.15, 0.2) is 11.6 Å². The molecular formula is C45H31Cl2N5. The van der Waals surface area contributed by atoms with Gasteiger partial charge in [-0.3, -0.25) is 0 Å². The van der Waals surface area contributed by atoms with Crippen LogP contribution in [0.3, 0.4) is 0 Å². The molecule has 3 aliphatic carbocycles. The SMILES string of the molecule is C=C(/N=C(Cl)\N=C(/C)c1ccccc1)C1C=CC2=C(C1)C1(c3ccccc32)c2ccccc2-c2ccc(-c3nc(Cl)nc(-c4ccccc4)n3)cc21.